The number of rotatable bonds is 6. The van der Waals surface area contributed by atoms with Crippen LogP contribution in [0.1, 0.15) is 52.9 Å². The molecule has 1 saturated carbocycles. The highest BCUT2D eigenvalue weighted by Crippen LogP contribution is 2.26. The Morgan fingerprint density at radius 1 is 1.15 bits per heavy atom. The Morgan fingerprint density at radius 2 is 1.81 bits per heavy atom. The van der Waals surface area contributed by atoms with Crippen LogP contribution < -0.4 is 5.32 Å². The van der Waals surface area contributed by atoms with Crippen molar-refractivity contribution in [1.29, 1.82) is 0 Å². The fourth-order valence-corrected chi connectivity index (χ4v) is 5.70. The normalized spacial score (nSPS) is 15.8. The van der Waals surface area contributed by atoms with Crippen molar-refractivity contribution in [3.8, 4) is 0 Å². The van der Waals surface area contributed by atoms with Crippen molar-refractivity contribution in [1.82, 2.24) is 9.62 Å². The first-order valence-electron chi connectivity index (χ1n) is 9.29. The lowest BCUT2D eigenvalue weighted by atomic mass is 9.96. The predicted octanol–water partition coefficient (Wildman–Crippen LogP) is 3.94. The van der Waals surface area contributed by atoms with Crippen molar-refractivity contribution in [3.05, 3.63) is 51.7 Å². The summed E-state index contributed by atoms with van der Waals surface area (Å²) in [6, 6.07) is 8.31. The molecule has 1 fully saturated rings. The second-order valence-electron chi connectivity index (χ2n) is 7.05. The van der Waals surface area contributed by atoms with Crippen molar-refractivity contribution in [2.45, 2.75) is 56.5 Å². The lowest BCUT2D eigenvalue weighted by Gasteiger charge is -2.30. The topological polar surface area (TPSA) is 66.5 Å². The fraction of sp³-hybridized carbons (Fsp3) is 0.450. The van der Waals surface area contributed by atoms with Crippen molar-refractivity contribution >= 4 is 27.3 Å². The van der Waals surface area contributed by atoms with Gasteiger partial charge >= 0.3 is 0 Å². The van der Waals surface area contributed by atoms with Gasteiger partial charge in [-0.25, -0.2) is 8.42 Å². The van der Waals surface area contributed by atoms with Gasteiger partial charge in [-0.05, 0) is 61.0 Å². The predicted molar refractivity (Wildman–Crippen MR) is 108 cm³/mol. The maximum absolute atomic E-state index is 12.9. The zero-order valence-corrected chi connectivity index (χ0v) is 17.4. The molecule has 1 amide bonds. The van der Waals surface area contributed by atoms with Gasteiger partial charge in [0.25, 0.3) is 5.91 Å². The van der Waals surface area contributed by atoms with Crippen LogP contribution in [0.25, 0.3) is 0 Å². The zero-order chi connectivity index (χ0) is 19.4. The molecule has 0 radical (unpaired) electrons. The van der Waals surface area contributed by atoms with Crippen LogP contribution in [0.5, 0.6) is 0 Å². The molecule has 0 bridgehead atoms. The van der Waals surface area contributed by atoms with E-state index in [1.165, 1.54) is 22.9 Å². The van der Waals surface area contributed by atoms with E-state index in [9.17, 15) is 13.2 Å². The molecule has 1 aromatic heterocycles. The summed E-state index contributed by atoms with van der Waals surface area (Å²) in [4.78, 5) is 13.7. The third kappa shape index (κ3) is 4.59. The molecule has 0 spiro atoms. The van der Waals surface area contributed by atoms with Crippen molar-refractivity contribution in [2.24, 2.45) is 0 Å². The van der Waals surface area contributed by atoms with Gasteiger partial charge in [-0.2, -0.15) is 4.31 Å². The van der Waals surface area contributed by atoms with Gasteiger partial charge in [-0.1, -0.05) is 19.3 Å². The Morgan fingerprint density at radius 3 is 2.41 bits per heavy atom. The lowest BCUT2D eigenvalue weighted by molar-refractivity contribution is 0.0951. The van der Waals surface area contributed by atoms with E-state index in [1.807, 2.05) is 18.4 Å². The number of thiophene rings is 1. The summed E-state index contributed by atoms with van der Waals surface area (Å²) in [5.74, 6) is -0.201. The van der Waals surface area contributed by atoms with Gasteiger partial charge in [-0.3, -0.25) is 4.79 Å². The number of carbonyl (C=O) groups is 1. The number of nitrogens with one attached hydrogen (secondary N) is 1. The van der Waals surface area contributed by atoms with Crippen LogP contribution in [-0.4, -0.2) is 31.7 Å². The summed E-state index contributed by atoms with van der Waals surface area (Å²) in [5, 5.41) is 4.89. The molecular weight excluding hydrogens is 380 g/mol. The van der Waals surface area contributed by atoms with Gasteiger partial charge < -0.3 is 5.32 Å². The van der Waals surface area contributed by atoms with E-state index in [0.717, 1.165) is 36.1 Å². The second-order valence-corrected chi connectivity index (χ2v) is 10.0. The van der Waals surface area contributed by atoms with Crippen LogP contribution in [0.4, 0.5) is 0 Å². The minimum Gasteiger partial charge on any atom is -0.347 e. The molecule has 1 aromatic carbocycles. The molecule has 5 nitrogen and oxygen atoms in total. The monoisotopic (exact) mass is 406 g/mol. The van der Waals surface area contributed by atoms with E-state index < -0.39 is 10.0 Å². The molecule has 1 aliphatic rings. The highest BCUT2D eigenvalue weighted by molar-refractivity contribution is 7.89. The summed E-state index contributed by atoms with van der Waals surface area (Å²) in [7, 11) is -1.87. The van der Waals surface area contributed by atoms with Gasteiger partial charge in [-0.15, -0.1) is 11.3 Å². The minimum atomic E-state index is -3.53. The highest BCUT2D eigenvalue weighted by atomic mass is 32.2. The highest BCUT2D eigenvalue weighted by Gasteiger charge is 2.29. The Bertz CT molecular complexity index is 882. The van der Waals surface area contributed by atoms with E-state index in [-0.39, 0.29) is 16.8 Å². The van der Waals surface area contributed by atoms with E-state index >= 15 is 0 Å². The van der Waals surface area contributed by atoms with E-state index in [4.69, 9.17) is 0 Å². The van der Waals surface area contributed by atoms with Gasteiger partial charge in [0.2, 0.25) is 10.0 Å². The molecule has 0 aliphatic heterocycles. The molecular formula is C20H26N2O3S2. The number of benzene rings is 1. The summed E-state index contributed by atoms with van der Waals surface area (Å²) >= 11 is 1.61. The van der Waals surface area contributed by atoms with E-state index in [1.54, 1.807) is 30.5 Å². The quantitative estimate of drug-likeness (QED) is 0.790. The minimum absolute atomic E-state index is 0.0701. The Hall–Kier alpha value is -1.70. The van der Waals surface area contributed by atoms with Crippen molar-refractivity contribution in [2.75, 3.05) is 7.05 Å². The van der Waals surface area contributed by atoms with Crippen LogP contribution in [0.15, 0.2) is 40.6 Å². The first-order valence-corrected chi connectivity index (χ1v) is 11.6. The van der Waals surface area contributed by atoms with E-state index in [2.05, 4.69) is 5.32 Å². The van der Waals surface area contributed by atoms with Crippen molar-refractivity contribution in [3.63, 3.8) is 0 Å². The third-order valence-corrected chi connectivity index (χ3v) is 8.21. The largest absolute Gasteiger partial charge is 0.347 e. The smallest absolute Gasteiger partial charge is 0.251 e. The van der Waals surface area contributed by atoms with Crippen LogP contribution >= 0.6 is 11.3 Å². The Kier molecular flexibility index (Phi) is 6.34. The summed E-state index contributed by atoms with van der Waals surface area (Å²) < 4.78 is 27.2. The number of aryl methyl sites for hydroxylation is 1. The number of carbonyl (C=O) groups excluding carboxylic acids is 1. The molecule has 0 atom stereocenters. The molecule has 146 valence electrons. The SMILES string of the molecule is Cc1ccsc1CNC(=O)c1ccc(S(=O)(=O)N(C)C2CCCCC2)cc1. The van der Waals surface area contributed by atoms with Gasteiger partial charge in [0, 0.05) is 23.5 Å². The van der Waals surface area contributed by atoms with Gasteiger partial charge in [0.05, 0.1) is 11.4 Å². The molecule has 0 unspecified atom stereocenters. The lowest BCUT2D eigenvalue weighted by Crippen LogP contribution is -2.38. The molecule has 2 aromatic rings. The Balaban J connectivity index is 1.66. The molecule has 7 heteroatoms. The first-order chi connectivity index (χ1) is 12.9. The summed E-state index contributed by atoms with van der Waals surface area (Å²) in [5.41, 5.74) is 1.62. The fourth-order valence-electron chi connectivity index (χ4n) is 3.43. The maximum atomic E-state index is 12.9. The average molecular weight is 407 g/mol. The molecule has 3 rings (SSSR count). The van der Waals surface area contributed by atoms with Gasteiger partial charge in [0.1, 0.15) is 0 Å². The standard InChI is InChI=1S/C20H26N2O3S2/c1-15-12-13-26-19(15)14-21-20(23)16-8-10-18(11-9-16)27(24,25)22(2)17-6-4-3-5-7-17/h8-13,17H,3-7,14H2,1-2H3,(H,21,23). The molecule has 0 saturated heterocycles. The molecule has 1 aliphatic carbocycles. The number of sulfonamides is 1. The van der Waals surface area contributed by atoms with Crippen LogP contribution in [0, 0.1) is 6.92 Å². The number of hydrogen-bond donors (Lipinski definition) is 1. The second kappa shape index (κ2) is 8.54. The molecule has 27 heavy (non-hydrogen) atoms. The van der Waals surface area contributed by atoms with Crippen molar-refractivity contribution < 1.29 is 13.2 Å². The van der Waals surface area contributed by atoms with Crippen LogP contribution in [-0.2, 0) is 16.6 Å². The average Bonchev–Trinajstić information content (AvgIpc) is 3.11. The molecule has 1 heterocycles. The van der Waals surface area contributed by atoms with E-state index in [0.29, 0.717) is 12.1 Å². The summed E-state index contributed by atoms with van der Waals surface area (Å²) in [6.45, 7) is 2.49. The van der Waals surface area contributed by atoms with Crippen LogP contribution in [0.2, 0.25) is 0 Å². The number of nitrogens with zero attached hydrogens (tertiary/aromatic N) is 1. The third-order valence-electron chi connectivity index (χ3n) is 5.26. The van der Waals surface area contributed by atoms with Gasteiger partial charge in [0.15, 0.2) is 0 Å². The summed E-state index contributed by atoms with van der Waals surface area (Å²) in [6.07, 6.45) is 5.16. The zero-order valence-electron chi connectivity index (χ0n) is 15.8. The first kappa shape index (κ1) is 20.0. The maximum Gasteiger partial charge on any atom is 0.251 e. The number of amides is 1. The Labute approximate surface area is 165 Å². The number of hydrogen-bond acceptors (Lipinski definition) is 4. The molecule has 1 N–H and O–H groups in total. The van der Waals surface area contributed by atoms with Crippen LogP contribution in [0.3, 0.4) is 0 Å².